The molecule has 0 amide bonds. The predicted molar refractivity (Wildman–Crippen MR) is 140 cm³/mol. The zero-order chi connectivity index (χ0) is 22.0. The van der Waals surface area contributed by atoms with Crippen molar-refractivity contribution in [2.75, 3.05) is 0 Å². The van der Waals surface area contributed by atoms with E-state index in [0.29, 0.717) is 6.10 Å². The summed E-state index contributed by atoms with van der Waals surface area (Å²) >= 11 is -2.14. The Kier molecular flexibility index (Phi) is 18.8. The van der Waals surface area contributed by atoms with E-state index in [2.05, 4.69) is 58.6 Å². The molecule has 1 nitrogen and oxygen atoms in total. The molecule has 0 saturated carbocycles. The van der Waals surface area contributed by atoms with E-state index in [1.54, 1.807) is 13.3 Å². The molecule has 1 atom stereocenters. The van der Waals surface area contributed by atoms with E-state index in [0.717, 1.165) is 0 Å². The van der Waals surface area contributed by atoms with Gasteiger partial charge in [-0.25, -0.2) is 0 Å². The third kappa shape index (κ3) is 12.4. The Morgan fingerprint density at radius 3 is 1.52 bits per heavy atom. The Balaban J connectivity index is 5.33. The van der Waals surface area contributed by atoms with Gasteiger partial charge < -0.3 is 0 Å². The number of hydrogen-bond donors (Lipinski definition) is 0. The molecule has 1 unspecified atom stereocenters. The third-order valence-corrected chi connectivity index (χ3v) is 26.1. The van der Waals surface area contributed by atoms with E-state index in [9.17, 15) is 0 Å². The van der Waals surface area contributed by atoms with Crippen molar-refractivity contribution in [3.63, 3.8) is 0 Å². The molecule has 0 saturated heterocycles. The number of rotatable bonds is 20. The first-order valence-electron chi connectivity index (χ1n) is 13.4. The molecule has 0 spiro atoms. The molecule has 0 aliphatic carbocycles. The summed E-state index contributed by atoms with van der Waals surface area (Å²) in [7, 11) is -1.51. The Hall–Kier alpha value is 0.716. The molecule has 0 radical (unpaired) electrons. The molecule has 0 fully saturated rings. The van der Waals surface area contributed by atoms with Gasteiger partial charge in [-0.3, -0.25) is 0 Å². The van der Waals surface area contributed by atoms with Crippen LogP contribution in [0, 0.1) is 0 Å². The van der Waals surface area contributed by atoms with E-state index in [1.807, 2.05) is 0 Å². The summed E-state index contributed by atoms with van der Waals surface area (Å²) < 4.78 is 14.6. The van der Waals surface area contributed by atoms with Crippen LogP contribution in [0.1, 0.15) is 113 Å². The maximum absolute atomic E-state index is 6.96. The maximum atomic E-state index is 6.96. The molecule has 0 N–H and O–H groups in total. The zero-order valence-electron chi connectivity index (χ0n) is 21.5. The van der Waals surface area contributed by atoms with Crippen molar-refractivity contribution in [1.82, 2.24) is 0 Å². The van der Waals surface area contributed by atoms with E-state index in [4.69, 9.17) is 4.43 Å². The van der Waals surface area contributed by atoms with Crippen LogP contribution < -0.4 is 0 Å². The molecular formula is C26H56OSiSn. The Labute approximate surface area is 190 Å². The van der Waals surface area contributed by atoms with E-state index >= 15 is 0 Å². The van der Waals surface area contributed by atoms with Crippen LogP contribution in [0.25, 0.3) is 0 Å². The van der Waals surface area contributed by atoms with Crippen LogP contribution in [0.5, 0.6) is 0 Å². The van der Waals surface area contributed by atoms with Gasteiger partial charge >= 0.3 is 192 Å². The van der Waals surface area contributed by atoms with Crippen molar-refractivity contribution >= 4 is 26.7 Å². The molecule has 3 heteroatoms. The zero-order valence-corrected chi connectivity index (χ0v) is 25.3. The van der Waals surface area contributed by atoms with Gasteiger partial charge in [0, 0.05) is 0 Å². The summed E-state index contributed by atoms with van der Waals surface area (Å²) in [5, 5.41) is 0. The van der Waals surface area contributed by atoms with E-state index in [1.165, 1.54) is 82.3 Å². The van der Waals surface area contributed by atoms with Crippen molar-refractivity contribution in [1.29, 1.82) is 0 Å². The van der Waals surface area contributed by atoms with Gasteiger partial charge in [0.1, 0.15) is 0 Å². The van der Waals surface area contributed by atoms with Crippen LogP contribution in [0.15, 0.2) is 10.2 Å². The van der Waals surface area contributed by atoms with Crippen LogP contribution in [0.4, 0.5) is 0 Å². The van der Waals surface area contributed by atoms with Gasteiger partial charge in [0.15, 0.2) is 0 Å². The van der Waals surface area contributed by atoms with Crippen molar-refractivity contribution in [2.45, 2.75) is 150 Å². The summed E-state index contributed by atoms with van der Waals surface area (Å²) in [6.07, 6.45) is 16.6. The quantitative estimate of drug-likeness (QED) is 0.142. The fourth-order valence-electron chi connectivity index (χ4n) is 4.69. The SMILES string of the molecule is CCCCC(C/C=[CH]/[Sn]([CH2]CCC)([CH2]CCC)[CH2]CCC)O[Si](CC)(CC)CC. The van der Waals surface area contributed by atoms with Crippen molar-refractivity contribution < 1.29 is 4.43 Å². The van der Waals surface area contributed by atoms with E-state index < -0.39 is 26.7 Å². The third-order valence-electron chi connectivity index (χ3n) is 7.18. The Bertz CT molecular complexity index is 362. The van der Waals surface area contributed by atoms with E-state index in [-0.39, 0.29) is 0 Å². The van der Waals surface area contributed by atoms with Crippen molar-refractivity contribution in [2.24, 2.45) is 0 Å². The fraction of sp³-hybridized carbons (Fsp3) is 0.923. The van der Waals surface area contributed by atoms with Gasteiger partial charge in [-0.1, -0.05) is 0 Å². The Morgan fingerprint density at radius 1 is 0.690 bits per heavy atom. The van der Waals surface area contributed by atoms with Crippen molar-refractivity contribution in [3.8, 4) is 0 Å². The Morgan fingerprint density at radius 2 is 1.14 bits per heavy atom. The van der Waals surface area contributed by atoms with Gasteiger partial charge in [-0.15, -0.1) is 0 Å². The van der Waals surface area contributed by atoms with Crippen LogP contribution in [0.2, 0.25) is 31.4 Å². The average molecular weight is 532 g/mol. The molecule has 0 aromatic heterocycles. The molecule has 0 aliphatic heterocycles. The van der Waals surface area contributed by atoms with Gasteiger partial charge in [-0.05, 0) is 0 Å². The molecule has 0 aliphatic rings. The van der Waals surface area contributed by atoms with Crippen LogP contribution in [-0.4, -0.2) is 32.8 Å². The van der Waals surface area contributed by atoms with Crippen molar-refractivity contribution in [3.05, 3.63) is 10.2 Å². The van der Waals surface area contributed by atoms with Crippen LogP contribution >= 0.6 is 0 Å². The summed E-state index contributed by atoms with van der Waals surface area (Å²) in [4.78, 5) is 0. The molecule has 0 rings (SSSR count). The second kappa shape index (κ2) is 18.3. The summed E-state index contributed by atoms with van der Waals surface area (Å²) in [6.45, 7) is 16.5. The average Bonchev–Trinajstić information content (AvgIpc) is 2.76. The number of unbranched alkanes of at least 4 members (excludes halogenated alkanes) is 4. The predicted octanol–water partition coefficient (Wildman–Crippen LogP) is 9.90. The monoisotopic (exact) mass is 532 g/mol. The first-order valence-corrected chi connectivity index (χ1v) is 23.6. The molecular weight excluding hydrogens is 475 g/mol. The molecule has 0 bridgehead atoms. The summed E-state index contributed by atoms with van der Waals surface area (Å²) in [6, 6.07) is 3.83. The topological polar surface area (TPSA) is 9.23 Å². The molecule has 0 heterocycles. The molecule has 29 heavy (non-hydrogen) atoms. The fourth-order valence-corrected chi connectivity index (χ4v) is 22.1. The standard InChI is InChI=1S/C14H29OSi.3C4H9.Sn/c1-6-11-13-14(12-7-2)15-16(8-3,9-4)10-5;3*1-3-4-2;/h2,7,14H,6,8-13H2,1,3-5H3;3*1,3-4H2,2H3;. The first-order chi connectivity index (χ1) is 14.0. The molecule has 0 aromatic rings. The minimum atomic E-state index is -2.14. The second-order valence-electron chi connectivity index (χ2n) is 9.44. The van der Waals surface area contributed by atoms with Gasteiger partial charge in [0.2, 0.25) is 0 Å². The van der Waals surface area contributed by atoms with Gasteiger partial charge in [0.25, 0.3) is 0 Å². The number of hydrogen-bond acceptors (Lipinski definition) is 1. The minimum absolute atomic E-state index is 0.477. The summed E-state index contributed by atoms with van der Waals surface area (Å²) in [5.74, 6) is 0. The van der Waals surface area contributed by atoms with Crippen LogP contribution in [0.3, 0.4) is 0 Å². The second-order valence-corrected chi connectivity index (χ2v) is 27.2. The first kappa shape index (κ1) is 29.7. The normalized spacial score (nSPS) is 14.0. The van der Waals surface area contributed by atoms with Crippen LogP contribution in [-0.2, 0) is 4.43 Å². The van der Waals surface area contributed by atoms with Gasteiger partial charge in [0.05, 0.1) is 0 Å². The van der Waals surface area contributed by atoms with Gasteiger partial charge in [-0.2, -0.15) is 0 Å². The molecule has 174 valence electrons. The summed E-state index contributed by atoms with van der Waals surface area (Å²) in [5.41, 5.74) is 0. The molecule has 0 aromatic carbocycles.